The van der Waals surface area contributed by atoms with Gasteiger partial charge in [0.05, 0.1) is 25.4 Å². The van der Waals surface area contributed by atoms with Crippen LogP contribution < -0.4 is 15.2 Å². The molecule has 3 rings (SSSR count). The number of benzene rings is 2. The van der Waals surface area contributed by atoms with Gasteiger partial charge in [0.1, 0.15) is 0 Å². The molecule has 112 valence electrons. The topological polar surface area (TPSA) is 53.3 Å². The molecule has 3 aromatic rings. The second kappa shape index (κ2) is 5.52. The Morgan fingerprint density at radius 3 is 2.27 bits per heavy atom. The largest absolute Gasteiger partial charge is 0.493 e. The van der Waals surface area contributed by atoms with E-state index in [0.29, 0.717) is 17.2 Å². The lowest BCUT2D eigenvalue weighted by molar-refractivity contribution is 0.355. The number of methoxy groups -OCH3 is 2. The minimum atomic E-state index is -0.307. The van der Waals surface area contributed by atoms with Crippen LogP contribution in [0, 0.1) is 0 Å². The molecule has 0 aliphatic carbocycles. The smallest absolute Gasteiger partial charge is 0.348 e. The van der Waals surface area contributed by atoms with Crippen molar-refractivity contribution < 1.29 is 9.47 Å². The maximum Gasteiger partial charge on any atom is 0.348 e. The van der Waals surface area contributed by atoms with Crippen molar-refractivity contribution in [2.24, 2.45) is 7.05 Å². The third-order valence-electron chi connectivity index (χ3n) is 3.66. The zero-order valence-electron chi connectivity index (χ0n) is 12.7. The van der Waals surface area contributed by atoms with Crippen molar-refractivity contribution in [2.75, 3.05) is 14.2 Å². The molecule has 1 aromatic heterocycles. The summed E-state index contributed by atoms with van der Waals surface area (Å²) in [5, 5.41) is 0.839. The molecule has 0 aliphatic rings. The Morgan fingerprint density at radius 2 is 1.64 bits per heavy atom. The Kier molecular flexibility index (Phi) is 3.55. The number of hydrogen-bond donors (Lipinski definition) is 0. The van der Waals surface area contributed by atoms with Gasteiger partial charge >= 0.3 is 5.69 Å². The number of nitrogens with zero attached hydrogens (tertiary/aromatic N) is 2. The van der Waals surface area contributed by atoms with Gasteiger partial charge < -0.3 is 9.47 Å². The molecule has 0 amide bonds. The lowest BCUT2D eigenvalue weighted by Gasteiger charge is -2.13. The van der Waals surface area contributed by atoms with Gasteiger partial charge in [-0.2, -0.15) is 4.98 Å². The molecule has 0 spiro atoms. The fourth-order valence-corrected chi connectivity index (χ4v) is 2.49. The molecule has 5 nitrogen and oxygen atoms in total. The molecule has 22 heavy (non-hydrogen) atoms. The van der Waals surface area contributed by atoms with Crippen LogP contribution in [0.3, 0.4) is 0 Å². The highest BCUT2D eigenvalue weighted by Crippen LogP contribution is 2.35. The summed E-state index contributed by atoms with van der Waals surface area (Å²) in [5.41, 5.74) is 1.96. The average molecular weight is 296 g/mol. The summed E-state index contributed by atoms with van der Waals surface area (Å²) in [6.07, 6.45) is 0. The maximum atomic E-state index is 12.2. The molecular formula is C17H16N2O3. The SMILES string of the molecule is COc1cc2c(-c3ccccc3)nc(=O)n(C)c2cc1OC. The third-order valence-corrected chi connectivity index (χ3v) is 3.66. The zero-order chi connectivity index (χ0) is 15.7. The number of fused-ring (bicyclic) bond motifs is 1. The van der Waals surface area contributed by atoms with Crippen molar-refractivity contribution in [3.63, 3.8) is 0 Å². The maximum absolute atomic E-state index is 12.2. The molecule has 1 heterocycles. The predicted octanol–water partition coefficient (Wildman–Crippen LogP) is 2.62. The third kappa shape index (κ3) is 2.20. The Balaban J connectivity index is 2.43. The van der Waals surface area contributed by atoms with Crippen LogP contribution in [0.25, 0.3) is 22.2 Å². The number of hydrogen-bond acceptors (Lipinski definition) is 4. The molecule has 0 aliphatic heterocycles. The fraction of sp³-hybridized carbons (Fsp3) is 0.176. The Morgan fingerprint density at radius 1 is 1.00 bits per heavy atom. The molecule has 0 radical (unpaired) electrons. The summed E-state index contributed by atoms with van der Waals surface area (Å²) in [7, 11) is 4.85. The van der Waals surface area contributed by atoms with Crippen LogP contribution >= 0.6 is 0 Å². The molecule has 0 bridgehead atoms. The van der Waals surface area contributed by atoms with Crippen LogP contribution in [0.15, 0.2) is 47.3 Å². The van der Waals surface area contributed by atoms with E-state index in [1.165, 1.54) is 4.57 Å². The van der Waals surface area contributed by atoms with E-state index in [1.807, 2.05) is 36.4 Å². The summed E-state index contributed by atoms with van der Waals surface area (Å²) in [6.45, 7) is 0. The molecule has 0 atom stereocenters. The highest BCUT2D eigenvalue weighted by atomic mass is 16.5. The highest BCUT2D eigenvalue weighted by molar-refractivity contribution is 5.94. The van der Waals surface area contributed by atoms with Crippen LogP contribution in [0.2, 0.25) is 0 Å². The second-order valence-electron chi connectivity index (χ2n) is 4.89. The summed E-state index contributed by atoms with van der Waals surface area (Å²) in [4.78, 5) is 16.4. The van der Waals surface area contributed by atoms with E-state index in [0.717, 1.165) is 16.5 Å². The highest BCUT2D eigenvalue weighted by Gasteiger charge is 2.14. The summed E-state index contributed by atoms with van der Waals surface area (Å²) >= 11 is 0. The number of aromatic nitrogens is 2. The molecule has 2 aromatic carbocycles. The van der Waals surface area contributed by atoms with Crippen molar-refractivity contribution in [2.45, 2.75) is 0 Å². The monoisotopic (exact) mass is 296 g/mol. The van der Waals surface area contributed by atoms with E-state index >= 15 is 0 Å². The van der Waals surface area contributed by atoms with Gasteiger partial charge in [0.25, 0.3) is 0 Å². The minimum absolute atomic E-state index is 0.307. The van der Waals surface area contributed by atoms with Crippen molar-refractivity contribution in [1.82, 2.24) is 9.55 Å². The molecular weight excluding hydrogens is 280 g/mol. The predicted molar refractivity (Wildman–Crippen MR) is 85.5 cm³/mol. The molecule has 0 saturated carbocycles. The molecule has 0 N–H and O–H groups in total. The van der Waals surface area contributed by atoms with Crippen LogP contribution in [0.4, 0.5) is 0 Å². The lowest BCUT2D eigenvalue weighted by atomic mass is 10.1. The van der Waals surface area contributed by atoms with E-state index < -0.39 is 0 Å². The lowest BCUT2D eigenvalue weighted by Crippen LogP contribution is -2.21. The summed E-state index contributed by atoms with van der Waals surface area (Å²) in [5.74, 6) is 1.18. The van der Waals surface area contributed by atoms with Gasteiger partial charge in [0.15, 0.2) is 11.5 Å². The van der Waals surface area contributed by atoms with Crippen molar-refractivity contribution in [3.8, 4) is 22.8 Å². The van der Waals surface area contributed by atoms with Crippen LogP contribution in [0.1, 0.15) is 0 Å². The number of aryl methyl sites for hydroxylation is 1. The van der Waals surface area contributed by atoms with Crippen LogP contribution in [-0.2, 0) is 7.05 Å². The minimum Gasteiger partial charge on any atom is -0.493 e. The summed E-state index contributed by atoms with van der Waals surface area (Å²) < 4.78 is 12.2. The van der Waals surface area contributed by atoms with E-state index in [4.69, 9.17) is 9.47 Å². The fourth-order valence-electron chi connectivity index (χ4n) is 2.49. The average Bonchev–Trinajstić information content (AvgIpc) is 2.57. The molecule has 0 saturated heterocycles. The van der Waals surface area contributed by atoms with Crippen molar-refractivity contribution in [1.29, 1.82) is 0 Å². The Bertz CT molecular complexity index is 886. The van der Waals surface area contributed by atoms with Gasteiger partial charge in [0.2, 0.25) is 0 Å². The zero-order valence-corrected chi connectivity index (χ0v) is 12.7. The first-order valence-corrected chi connectivity index (χ1v) is 6.84. The van der Waals surface area contributed by atoms with Gasteiger partial charge in [-0.05, 0) is 6.07 Å². The first-order chi connectivity index (χ1) is 10.7. The van der Waals surface area contributed by atoms with Crippen molar-refractivity contribution >= 4 is 10.9 Å². The molecule has 0 fully saturated rings. The van der Waals surface area contributed by atoms with Gasteiger partial charge in [0, 0.05) is 24.1 Å². The molecule has 0 unspecified atom stereocenters. The second-order valence-corrected chi connectivity index (χ2v) is 4.89. The van der Waals surface area contributed by atoms with Gasteiger partial charge in [-0.15, -0.1) is 0 Å². The van der Waals surface area contributed by atoms with Gasteiger partial charge in [-0.25, -0.2) is 4.79 Å². The van der Waals surface area contributed by atoms with Crippen LogP contribution in [-0.4, -0.2) is 23.8 Å². The quantitative estimate of drug-likeness (QED) is 0.745. The van der Waals surface area contributed by atoms with Gasteiger partial charge in [-0.1, -0.05) is 30.3 Å². The Hall–Kier alpha value is -2.82. The first-order valence-electron chi connectivity index (χ1n) is 6.84. The van der Waals surface area contributed by atoms with E-state index in [-0.39, 0.29) is 5.69 Å². The Labute approximate surface area is 127 Å². The van der Waals surface area contributed by atoms with Gasteiger partial charge in [-0.3, -0.25) is 4.57 Å². The number of rotatable bonds is 3. The normalized spacial score (nSPS) is 10.7. The van der Waals surface area contributed by atoms with Crippen molar-refractivity contribution in [3.05, 3.63) is 52.9 Å². The molecule has 5 heteroatoms. The van der Waals surface area contributed by atoms with E-state index in [2.05, 4.69) is 4.98 Å². The van der Waals surface area contributed by atoms with E-state index in [9.17, 15) is 4.79 Å². The standard InChI is InChI=1S/C17H16N2O3/c1-19-13-10-15(22-3)14(21-2)9-12(13)16(18-17(19)20)11-7-5-4-6-8-11/h4-10H,1-3H3. The van der Waals surface area contributed by atoms with Crippen LogP contribution in [0.5, 0.6) is 11.5 Å². The number of ether oxygens (including phenoxy) is 2. The first kappa shape index (κ1) is 14.1. The van der Waals surface area contributed by atoms with E-state index in [1.54, 1.807) is 27.3 Å². The summed E-state index contributed by atoms with van der Waals surface area (Å²) in [6, 6.07) is 13.3.